The molecule has 74 valence electrons. The fraction of sp³-hybridized carbons (Fsp3) is 0.889. The number of carbonyl (C=O) groups is 1. The summed E-state index contributed by atoms with van der Waals surface area (Å²) in [6, 6.07) is 0.442. The molecule has 0 spiro atoms. The van der Waals surface area contributed by atoms with Gasteiger partial charge in [0, 0.05) is 19.0 Å². The van der Waals surface area contributed by atoms with E-state index in [-0.39, 0.29) is 12.1 Å². The van der Waals surface area contributed by atoms with Crippen molar-refractivity contribution in [2.45, 2.75) is 37.8 Å². The number of piperidine rings is 1. The van der Waals surface area contributed by atoms with Gasteiger partial charge in [0.15, 0.2) is 6.10 Å². The maximum absolute atomic E-state index is 11.2. The molecule has 4 nitrogen and oxygen atoms in total. The molecule has 2 saturated heterocycles. The van der Waals surface area contributed by atoms with Crippen molar-refractivity contribution in [1.29, 1.82) is 0 Å². The number of nitrogens with zero attached hydrogens (tertiary/aromatic N) is 1. The second-order valence-electron chi connectivity index (χ2n) is 3.64. The molecule has 2 heterocycles. The van der Waals surface area contributed by atoms with Crippen LogP contribution in [0.1, 0.15) is 25.7 Å². The number of methoxy groups -OCH3 is 1. The highest BCUT2D eigenvalue weighted by molar-refractivity contribution is 5.74. The van der Waals surface area contributed by atoms with Gasteiger partial charge in [-0.2, -0.15) is 5.06 Å². The lowest BCUT2D eigenvalue weighted by atomic mass is 10.0. The monoisotopic (exact) mass is 185 g/mol. The Bertz CT molecular complexity index is 193. The van der Waals surface area contributed by atoms with Crippen LogP contribution in [-0.2, 0) is 14.4 Å². The molecule has 0 saturated carbocycles. The fourth-order valence-corrected chi connectivity index (χ4v) is 2.07. The van der Waals surface area contributed by atoms with Crippen LogP contribution in [0.25, 0.3) is 0 Å². The average Bonchev–Trinajstić information content (AvgIpc) is 2.59. The Labute approximate surface area is 77.7 Å². The molecular weight excluding hydrogens is 170 g/mol. The molecule has 0 bridgehead atoms. The summed E-state index contributed by atoms with van der Waals surface area (Å²) in [5.74, 6) is -0.241. The van der Waals surface area contributed by atoms with Crippen molar-refractivity contribution in [3.8, 4) is 0 Å². The van der Waals surface area contributed by atoms with Crippen LogP contribution in [0.5, 0.6) is 0 Å². The van der Waals surface area contributed by atoms with Crippen LogP contribution in [0.3, 0.4) is 0 Å². The van der Waals surface area contributed by atoms with Crippen LogP contribution in [0.15, 0.2) is 0 Å². The van der Waals surface area contributed by atoms with Crippen molar-refractivity contribution in [1.82, 2.24) is 5.06 Å². The van der Waals surface area contributed by atoms with Gasteiger partial charge in [-0.15, -0.1) is 0 Å². The molecule has 13 heavy (non-hydrogen) atoms. The van der Waals surface area contributed by atoms with Gasteiger partial charge in [0.25, 0.3) is 0 Å². The minimum Gasteiger partial charge on any atom is -0.467 e. The molecule has 2 fully saturated rings. The molecule has 0 aromatic carbocycles. The lowest BCUT2D eigenvalue weighted by molar-refractivity contribution is -0.191. The number of fused-ring (bicyclic) bond motifs is 1. The molecule has 2 atom stereocenters. The largest absolute Gasteiger partial charge is 0.467 e. The molecule has 0 amide bonds. The van der Waals surface area contributed by atoms with Crippen LogP contribution in [-0.4, -0.2) is 36.8 Å². The van der Waals surface area contributed by atoms with E-state index in [1.165, 1.54) is 20.0 Å². The summed E-state index contributed by atoms with van der Waals surface area (Å²) in [5, 5.41) is 1.95. The smallest absolute Gasteiger partial charge is 0.337 e. The number of carbonyl (C=O) groups excluding carboxylic acids is 1. The van der Waals surface area contributed by atoms with Gasteiger partial charge in [-0.05, 0) is 12.8 Å². The highest BCUT2D eigenvalue weighted by Gasteiger charge is 2.39. The van der Waals surface area contributed by atoms with Crippen molar-refractivity contribution in [3.05, 3.63) is 0 Å². The summed E-state index contributed by atoms with van der Waals surface area (Å²) in [6.45, 7) is 0.957. The van der Waals surface area contributed by atoms with Crippen molar-refractivity contribution in [2.75, 3.05) is 13.7 Å². The summed E-state index contributed by atoms with van der Waals surface area (Å²) in [6.07, 6.45) is 4.01. The van der Waals surface area contributed by atoms with E-state index in [1.54, 1.807) is 0 Å². The molecule has 0 aromatic heterocycles. The molecule has 2 rings (SSSR count). The topological polar surface area (TPSA) is 38.8 Å². The quantitative estimate of drug-likeness (QED) is 0.564. The predicted molar refractivity (Wildman–Crippen MR) is 45.9 cm³/mol. The lowest BCUT2D eigenvalue weighted by Crippen LogP contribution is -2.33. The summed E-state index contributed by atoms with van der Waals surface area (Å²) in [7, 11) is 1.41. The van der Waals surface area contributed by atoms with E-state index in [0.717, 1.165) is 19.4 Å². The zero-order valence-electron chi connectivity index (χ0n) is 7.86. The summed E-state index contributed by atoms with van der Waals surface area (Å²) in [5.41, 5.74) is 0. The molecular formula is C9H15NO3. The van der Waals surface area contributed by atoms with Gasteiger partial charge in [-0.3, -0.25) is 4.84 Å². The first-order valence-corrected chi connectivity index (χ1v) is 4.82. The molecule has 0 aliphatic carbocycles. The Morgan fingerprint density at radius 1 is 1.54 bits per heavy atom. The number of rotatable bonds is 1. The zero-order chi connectivity index (χ0) is 9.26. The van der Waals surface area contributed by atoms with Crippen molar-refractivity contribution in [3.63, 3.8) is 0 Å². The zero-order valence-corrected chi connectivity index (χ0v) is 7.86. The van der Waals surface area contributed by atoms with E-state index >= 15 is 0 Å². The third kappa shape index (κ3) is 1.69. The van der Waals surface area contributed by atoms with Gasteiger partial charge in [0.2, 0.25) is 0 Å². The van der Waals surface area contributed by atoms with Gasteiger partial charge in [-0.25, -0.2) is 4.79 Å². The highest BCUT2D eigenvalue weighted by atomic mass is 16.7. The molecule has 0 unspecified atom stereocenters. The number of hydrogen-bond donors (Lipinski definition) is 0. The fourth-order valence-electron chi connectivity index (χ4n) is 2.07. The standard InChI is InChI=1S/C9H15NO3/c1-12-9(11)8-6-7-4-2-3-5-10(7)13-8/h7-8H,2-6H2,1H3/t7-,8+/m1/s1. The van der Waals surface area contributed by atoms with Gasteiger partial charge in [0.1, 0.15) is 0 Å². The van der Waals surface area contributed by atoms with E-state index in [2.05, 4.69) is 4.74 Å². The second-order valence-corrected chi connectivity index (χ2v) is 3.64. The maximum Gasteiger partial charge on any atom is 0.337 e. The second kappa shape index (κ2) is 3.64. The van der Waals surface area contributed by atoms with Crippen LogP contribution in [0.4, 0.5) is 0 Å². The normalized spacial score (nSPS) is 34.2. The number of esters is 1. The van der Waals surface area contributed by atoms with Crippen LogP contribution in [0.2, 0.25) is 0 Å². The Morgan fingerprint density at radius 3 is 3.08 bits per heavy atom. The number of hydroxylamine groups is 2. The maximum atomic E-state index is 11.2. The first-order chi connectivity index (χ1) is 6.31. The first kappa shape index (κ1) is 8.97. The Balaban J connectivity index is 1.94. The SMILES string of the molecule is COC(=O)[C@@H]1C[C@H]2CCCCN2O1. The number of ether oxygens (including phenoxy) is 1. The van der Waals surface area contributed by atoms with E-state index in [1.807, 2.05) is 5.06 Å². The summed E-state index contributed by atoms with van der Waals surface area (Å²) in [4.78, 5) is 16.7. The van der Waals surface area contributed by atoms with Crippen LogP contribution < -0.4 is 0 Å². The Hall–Kier alpha value is -0.610. The molecule has 0 N–H and O–H groups in total. The van der Waals surface area contributed by atoms with Crippen LogP contribution in [0, 0.1) is 0 Å². The molecule has 0 radical (unpaired) electrons. The third-order valence-corrected chi connectivity index (χ3v) is 2.79. The predicted octanol–water partition coefficient (Wildman–Crippen LogP) is 0.718. The minimum absolute atomic E-state index is 0.241. The van der Waals surface area contributed by atoms with Gasteiger partial charge < -0.3 is 4.74 Å². The van der Waals surface area contributed by atoms with Gasteiger partial charge in [0.05, 0.1) is 7.11 Å². The summed E-state index contributed by atoms with van der Waals surface area (Å²) < 4.78 is 4.65. The molecule has 4 heteroatoms. The van der Waals surface area contributed by atoms with Gasteiger partial charge in [-0.1, -0.05) is 6.42 Å². The van der Waals surface area contributed by atoms with Gasteiger partial charge >= 0.3 is 5.97 Å². The van der Waals surface area contributed by atoms with E-state index < -0.39 is 0 Å². The number of hydrogen-bond acceptors (Lipinski definition) is 4. The highest BCUT2D eigenvalue weighted by Crippen LogP contribution is 2.29. The average molecular weight is 185 g/mol. The van der Waals surface area contributed by atoms with E-state index in [0.29, 0.717) is 6.04 Å². The van der Waals surface area contributed by atoms with Crippen LogP contribution >= 0.6 is 0 Å². The Kier molecular flexibility index (Phi) is 2.51. The lowest BCUT2D eigenvalue weighted by Gasteiger charge is -2.26. The van der Waals surface area contributed by atoms with Crippen molar-refractivity contribution in [2.24, 2.45) is 0 Å². The Morgan fingerprint density at radius 2 is 2.38 bits per heavy atom. The van der Waals surface area contributed by atoms with E-state index in [4.69, 9.17) is 4.84 Å². The summed E-state index contributed by atoms with van der Waals surface area (Å²) >= 11 is 0. The molecule has 2 aliphatic rings. The van der Waals surface area contributed by atoms with E-state index in [9.17, 15) is 4.79 Å². The minimum atomic E-state index is -0.354. The van der Waals surface area contributed by atoms with Crippen molar-refractivity contribution < 1.29 is 14.4 Å². The van der Waals surface area contributed by atoms with Crippen molar-refractivity contribution >= 4 is 5.97 Å². The third-order valence-electron chi connectivity index (χ3n) is 2.79. The molecule has 0 aromatic rings. The first-order valence-electron chi connectivity index (χ1n) is 4.82. The molecule has 2 aliphatic heterocycles.